The Hall–Kier alpha value is -1.16. The van der Waals surface area contributed by atoms with Gasteiger partial charge in [-0.3, -0.25) is 0 Å². The van der Waals surface area contributed by atoms with Crippen LogP contribution in [0.25, 0.3) is 0 Å². The second-order valence-electron chi connectivity index (χ2n) is 4.49. The number of hydrogen-bond donors (Lipinski definition) is 3. The van der Waals surface area contributed by atoms with E-state index in [-0.39, 0.29) is 13.2 Å². The Morgan fingerprint density at radius 1 is 1.12 bits per heavy atom. The van der Waals surface area contributed by atoms with Crippen LogP contribution >= 0.6 is 0 Å². The van der Waals surface area contributed by atoms with Gasteiger partial charge in [0.25, 0.3) is 0 Å². The van der Waals surface area contributed by atoms with Gasteiger partial charge in [0.15, 0.2) is 0 Å². The van der Waals surface area contributed by atoms with Gasteiger partial charge in [-0.15, -0.1) is 6.58 Å². The third-order valence-corrected chi connectivity index (χ3v) is 2.94. The molecular formula is C14H21NO2. The molecule has 3 nitrogen and oxygen atoms in total. The summed E-state index contributed by atoms with van der Waals surface area (Å²) in [4.78, 5) is 0. The highest BCUT2D eigenvalue weighted by molar-refractivity contribution is 5.24. The Labute approximate surface area is 103 Å². The molecule has 0 spiro atoms. The molecule has 17 heavy (non-hydrogen) atoms. The molecule has 0 radical (unpaired) electrons. The molecule has 0 bridgehead atoms. The van der Waals surface area contributed by atoms with E-state index in [1.807, 2.05) is 18.2 Å². The van der Waals surface area contributed by atoms with Crippen molar-refractivity contribution >= 4 is 0 Å². The predicted octanol–water partition coefficient (Wildman–Crippen LogP) is 1.03. The Kier molecular flexibility index (Phi) is 5.35. The van der Waals surface area contributed by atoms with Crippen LogP contribution in [-0.2, 0) is 12.8 Å². The first-order valence-electron chi connectivity index (χ1n) is 5.83. The summed E-state index contributed by atoms with van der Waals surface area (Å²) in [7, 11) is 0. The first kappa shape index (κ1) is 13.9. The van der Waals surface area contributed by atoms with Gasteiger partial charge >= 0.3 is 0 Å². The Morgan fingerprint density at radius 2 is 1.65 bits per heavy atom. The highest BCUT2D eigenvalue weighted by Crippen LogP contribution is 2.13. The molecule has 4 N–H and O–H groups in total. The summed E-state index contributed by atoms with van der Waals surface area (Å²) in [5, 5.41) is 18.2. The van der Waals surface area contributed by atoms with Crippen molar-refractivity contribution in [2.24, 2.45) is 5.73 Å². The number of hydrogen-bond acceptors (Lipinski definition) is 3. The van der Waals surface area contributed by atoms with Gasteiger partial charge in [-0.05, 0) is 30.4 Å². The summed E-state index contributed by atoms with van der Waals surface area (Å²) >= 11 is 0. The maximum absolute atomic E-state index is 9.08. The second-order valence-corrected chi connectivity index (χ2v) is 4.49. The standard InChI is InChI=1S/C14H21NO2/c1-2-3-12-4-6-13(7-5-12)8-9-14(15,10-16)11-17/h2,4-7,16-17H,1,3,8-11,15H2. The van der Waals surface area contributed by atoms with Gasteiger partial charge < -0.3 is 15.9 Å². The highest BCUT2D eigenvalue weighted by Gasteiger charge is 2.22. The molecule has 0 atom stereocenters. The zero-order chi connectivity index (χ0) is 12.7. The molecule has 0 heterocycles. The van der Waals surface area contributed by atoms with Crippen molar-refractivity contribution in [2.45, 2.75) is 24.8 Å². The molecule has 1 aromatic rings. The van der Waals surface area contributed by atoms with Crippen LogP contribution in [0.4, 0.5) is 0 Å². The van der Waals surface area contributed by atoms with E-state index in [1.165, 1.54) is 5.56 Å². The van der Waals surface area contributed by atoms with Gasteiger partial charge in [-0.2, -0.15) is 0 Å². The normalized spacial score (nSPS) is 11.5. The van der Waals surface area contributed by atoms with Crippen LogP contribution in [0.1, 0.15) is 17.5 Å². The van der Waals surface area contributed by atoms with E-state index in [9.17, 15) is 0 Å². The minimum atomic E-state index is -0.875. The Bertz CT molecular complexity index is 342. The lowest BCUT2D eigenvalue weighted by atomic mass is 9.93. The maximum Gasteiger partial charge on any atom is 0.0633 e. The summed E-state index contributed by atoms with van der Waals surface area (Å²) in [6.45, 7) is 3.30. The number of aliphatic hydroxyl groups is 2. The minimum Gasteiger partial charge on any atom is -0.394 e. The van der Waals surface area contributed by atoms with Gasteiger partial charge in [0.1, 0.15) is 0 Å². The molecule has 1 rings (SSSR count). The van der Waals surface area contributed by atoms with Crippen LogP contribution < -0.4 is 5.73 Å². The maximum atomic E-state index is 9.08. The minimum absolute atomic E-state index is 0.196. The average molecular weight is 235 g/mol. The van der Waals surface area contributed by atoms with Crippen molar-refractivity contribution in [2.75, 3.05) is 13.2 Å². The summed E-state index contributed by atoms with van der Waals surface area (Å²) in [6, 6.07) is 8.22. The van der Waals surface area contributed by atoms with Crippen LogP contribution in [0.15, 0.2) is 36.9 Å². The summed E-state index contributed by atoms with van der Waals surface area (Å²) in [6.07, 6.45) is 4.07. The number of allylic oxidation sites excluding steroid dienone is 1. The van der Waals surface area contributed by atoms with Gasteiger partial charge in [0.2, 0.25) is 0 Å². The highest BCUT2D eigenvalue weighted by atomic mass is 16.3. The molecule has 0 aliphatic rings. The van der Waals surface area contributed by atoms with E-state index in [0.29, 0.717) is 6.42 Å². The average Bonchev–Trinajstić information content (AvgIpc) is 2.38. The number of nitrogens with two attached hydrogens (primary N) is 1. The van der Waals surface area contributed by atoms with Gasteiger partial charge in [0, 0.05) is 0 Å². The van der Waals surface area contributed by atoms with Crippen molar-refractivity contribution in [1.82, 2.24) is 0 Å². The molecule has 0 unspecified atom stereocenters. The molecule has 0 amide bonds. The quantitative estimate of drug-likeness (QED) is 0.618. The van der Waals surface area contributed by atoms with Crippen molar-refractivity contribution in [1.29, 1.82) is 0 Å². The molecule has 1 aromatic carbocycles. The molecule has 3 heteroatoms. The van der Waals surface area contributed by atoms with Gasteiger partial charge in [-0.1, -0.05) is 30.3 Å². The topological polar surface area (TPSA) is 66.5 Å². The van der Waals surface area contributed by atoms with Crippen LogP contribution in [0.5, 0.6) is 0 Å². The van der Waals surface area contributed by atoms with E-state index in [0.717, 1.165) is 18.4 Å². The zero-order valence-electron chi connectivity index (χ0n) is 10.1. The Balaban J connectivity index is 2.54. The summed E-state index contributed by atoms with van der Waals surface area (Å²) in [5.41, 5.74) is 7.32. The fourth-order valence-electron chi connectivity index (χ4n) is 1.61. The van der Waals surface area contributed by atoms with E-state index in [4.69, 9.17) is 15.9 Å². The van der Waals surface area contributed by atoms with Gasteiger partial charge in [-0.25, -0.2) is 0 Å². The first-order chi connectivity index (χ1) is 8.13. The van der Waals surface area contributed by atoms with E-state index < -0.39 is 5.54 Å². The van der Waals surface area contributed by atoms with Crippen LogP contribution in [0, 0.1) is 0 Å². The van der Waals surface area contributed by atoms with Crippen LogP contribution in [0.3, 0.4) is 0 Å². The molecular weight excluding hydrogens is 214 g/mol. The third kappa shape index (κ3) is 4.30. The zero-order valence-corrected chi connectivity index (χ0v) is 10.1. The monoisotopic (exact) mass is 235 g/mol. The predicted molar refractivity (Wildman–Crippen MR) is 69.8 cm³/mol. The fraction of sp³-hybridized carbons (Fsp3) is 0.429. The number of benzene rings is 1. The molecule has 94 valence electrons. The molecule has 0 saturated heterocycles. The van der Waals surface area contributed by atoms with Crippen molar-refractivity contribution in [3.05, 3.63) is 48.0 Å². The Morgan fingerprint density at radius 3 is 2.12 bits per heavy atom. The molecule has 0 saturated carbocycles. The number of rotatable bonds is 7. The number of aliphatic hydroxyl groups excluding tert-OH is 2. The van der Waals surface area contributed by atoms with Crippen LogP contribution in [0.2, 0.25) is 0 Å². The second kappa shape index (κ2) is 6.55. The van der Waals surface area contributed by atoms with Gasteiger partial charge in [0.05, 0.1) is 18.8 Å². The smallest absolute Gasteiger partial charge is 0.0633 e. The molecule has 0 aromatic heterocycles. The largest absolute Gasteiger partial charge is 0.394 e. The SMILES string of the molecule is C=CCc1ccc(CCC(N)(CO)CO)cc1. The van der Waals surface area contributed by atoms with E-state index >= 15 is 0 Å². The number of aryl methyl sites for hydroxylation is 1. The molecule has 0 aliphatic carbocycles. The van der Waals surface area contributed by atoms with E-state index in [1.54, 1.807) is 0 Å². The lowest BCUT2D eigenvalue weighted by Crippen LogP contribution is -2.47. The third-order valence-electron chi connectivity index (χ3n) is 2.94. The summed E-state index contributed by atoms with van der Waals surface area (Å²) < 4.78 is 0. The molecule has 0 aliphatic heterocycles. The molecule has 0 fully saturated rings. The summed E-state index contributed by atoms with van der Waals surface area (Å²) in [5.74, 6) is 0. The van der Waals surface area contributed by atoms with Crippen molar-refractivity contribution in [3.63, 3.8) is 0 Å². The van der Waals surface area contributed by atoms with Crippen molar-refractivity contribution in [3.8, 4) is 0 Å². The first-order valence-corrected chi connectivity index (χ1v) is 5.83. The van der Waals surface area contributed by atoms with Crippen LogP contribution in [-0.4, -0.2) is 29.0 Å². The van der Waals surface area contributed by atoms with Crippen molar-refractivity contribution < 1.29 is 10.2 Å². The lowest BCUT2D eigenvalue weighted by Gasteiger charge is -2.24. The van der Waals surface area contributed by atoms with E-state index in [2.05, 4.69) is 18.7 Å². The lowest BCUT2D eigenvalue weighted by molar-refractivity contribution is 0.115. The fourth-order valence-corrected chi connectivity index (χ4v) is 1.61.